The summed E-state index contributed by atoms with van der Waals surface area (Å²) in [6.07, 6.45) is 2.65. The lowest BCUT2D eigenvalue weighted by molar-refractivity contribution is 0.0682. The second-order valence-corrected chi connectivity index (χ2v) is 6.20. The van der Waals surface area contributed by atoms with E-state index in [1.54, 1.807) is 0 Å². The predicted molar refractivity (Wildman–Crippen MR) is 96.0 cm³/mol. The van der Waals surface area contributed by atoms with Crippen molar-refractivity contribution in [3.05, 3.63) is 71.7 Å². The van der Waals surface area contributed by atoms with Crippen molar-refractivity contribution < 1.29 is 4.79 Å². The van der Waals surface area contributed by atoms with E-state index in [-0.39, 0.29) is 11.9 Å². The van der Waals surface area contributed by atoms with Crippen LogP contribution in [0.4, 0.5) is 0 Å². The Bertz CT molecular complexity index is 836. The minimum atomic E-state index is 0.0319. The summed E-state index contributed by atoms with van der Waals surface area (Å²) in [5, 5.41) is 0. The van der Waals surface area contributed by atoms with Gasteiger partial charge in [-0.05, 0) is 38.0 Å². The lowest BCUT2D eigenvalue weighted by Gasteiger charge is -2.27. The predicted octanol–water partition coefficient (Wildman–Crippen LogP) is 3.95. The van der Waals surface area contributed by atoms with Gasteiger partial charge in [0.15, 0.2) is 0 Å². The molecule has 2 aromatic heterocycles. The molecule has 0 atom stereocenters. The maximum atomic E-state index is 13.3. The van der Waals surface area contributed by atoms with E-state index in [0.29, 0.717) is 12.2 Å². The number of imidazole rings is 1. The Kier molecular flexibility index (Phi) is 4.65. The minimum Gasteiger partial charge on any atom is -0.331 e. The monoisotopic (exact) mass is 321 g/mol. The van der Waals surface area contributed by atoms with Gasteiger partial charge in [-0.25, -0.2) is 4.98 Å². The Morgan fingerprint density at radius 3 is 2.50 bits per heavy atom. The fourth-order valence-electron chi connectivity index (χ4n) is 2.92. The summed E-state index contributed by atoms with van der Waals surface area (Å²) >= 11 is 0. The first-order chi connectivity index (χ1) is 11.6. The maximum Gasteiger partial charge on any atom is 0.273 e. The maximum absolute atomic E-state index is 13.3. The second-order valence-electron chi connectivity index (χ2n) is 6.20. The Labute approximate surface area is 142 Å². The zero-order valence-electron chi connectivity index (χ0n) is 14.4. The molecule has 0 spiro atoms. The average molecular weight is 321 g/mol. The minimum absolute atomic E-state index is 0.0319. The molecule has 4 nitrogen and oxygen atoms in total. The van der Waals surface area contributed by atoms with Gasteiger partial charge >= 0.3 is 0 Å². The number of hydrogen-bond acceptors (Lipinski definition) is 2. The van der Waals surface area contributed by atoms with E-state index in [9.17, 15) is 4.79 Å². The Morgan fingerprint density at radius 2 is 1.83 bits per heavy atom. The number of aryl methyl sites for hydroxylation is 1. The molecule has 1 aromatic carbocycles. The number of hydrogen-bond donors (Lipinski definition) is 0. The third-order valence-corrected chi connectivity index (χ3v) is 4.22. The highest BCUT2D eigenvalue weighted by atomic mass is 16.2. The Balaban J connectivity index is 2.02. The van der Waals surface area contributed by atoms with E-state index in [4.69, 9.17) is 0 Å². The second kappa shape index (κ2) is 6.87. The van der Waals surface area contributed by atoms with Crippen LogP contribution in [0.1, 0.15) is 42.5 Å². The standard InChI is InChI=1S/C20H23N3O/c1-4-17-19(22-13-9-8-12-18(22)21-17)20(24)23(15(2)3)14-16-10-6-5-7-11-16/h5-13,15H,4,14H2,1-3H3. The first-order valence-corrected chi connectivity index (χ1v) is 8.42. The molecule has 0 fully saturated rings. The molecule has 0 unspecified atom stereocenters. The molecule has 24 heavy (non-hydrogen) atoms. The van der Waals surface area contributed by atoms with Gasteiger partial charge in [0.2, 0.25) is 0 Å². The van der Waals surface area contributed by atoms with Gasteiger partial charge in [-0.15, -0.1) is 0 Å². The number of benzene rings is 1. The van der Waals surface area contributed by atoms with Gasteiger partial charge in [0.25, 0.3) is 5.91 Å². The van der Waals surface area contributed by atoms with E-state index < -0.39 is 0 Å². The van der Waals surface area contributed by atoms with E-state index >= 15 is 0 Å². The zero-order chi connectivity index (χ0) is 17.1. The molecule has 4 heteroatoms. The first kappa shape index (κ1) is 16.2. The molecule has 3 aromatic rings. The van der Waals surface area contributed by atoms with Gasteiger partial charge in [0, 0.05) is 18.8 Å². The SMILES string of the molecule is CCc1nc2ccccn2c1C(=O)N(Cc1ccccc1)C(C)C. The third-order valence-electron chi connectivity index (χ3n) is 4.22. The highest BCUT2D eigenvalue weighted by Gasteiger charge is 2.25. The summed E-state index contributed by atoms with van der Waals surface area (Å²) in [4.78, 5) is 19.8. The van der Waals surface area contributed by atoms with E-state index in [2.05, 4.69) is 31.0 Å². The summed E-state index contributed by atoms with van der Waals surface area (Å²) in [5.74, 6) is 0.0319. The van der Waals surface area contributed by atoms with Crippen molar-refractivity contribution in [2.24, 2.45) is 0 Å². The van der Waals surface area contributed by atoms with Crippen LogP contribution in [0, 0.1) is 0 Å². The lowest BCUT2D eigenvalue weighted by Crippen LogP contribution is -2.37. The Hall–Kier alpha value is -2.62. The van der Waals surface area contributed by atoms with Crippen LogP contribution in [0.2, 0.25) is 0 Å². The van der Waals surface area contributed by atoms with Gasteiger partial charge in [0.05, 0.1) is 5.69 Å². The van der Waals surface area contributed by atoms with Crippen LogP contribution in [0.5, 0.6) is 0 Å². The normalized spacial score (nSPS) is 11.2. The van der Waals surface area contributed by atoms with E-state index in [1.807, 2.05) is 58.8 Å². The molecule has 1 amide bonds. The van der Waals surface area contributed by atoms with Crippen LogP contribution in [0.3, 0.4) is 0 Å². The van der Waals surface area contributed by atoms with Crippen molar-refractivity contribution in [1.82, 2.24) is 14.3 Å². The van der Waals surface area contributed by atoms with Gasteiger partial charge in [-0.1, -0.05) is 43.3 Å². The largest absolute Gasteiger partial charge is 0.331 e. The van der Waals surface area contributed by atoms with E-state index in [0.717, 1.165) is 23.3 Å². The van der Waals surface area contributed by atoms with Gasteiger partial charge in [-0.3, -0.25) is 9.20 Å². The molecule has 0 aliphatic heterocycles. The quantitative estimate of drug-likeness (QED) is 0.713. The lowest BCUT2D eigenvalue weighted by atomic mass is 10.1. The number of amides is 1. The average Bonchev–Trinajstić information content (AvgIpc) is 2.98. The molecule has 0 saturated carbocycles. The highest BCUT2D eigenvalue weighted by Crippen LogP contribution is 2.19. The number of rotatable bonds is 5. The van der Waals surface area contributed by atoms with Crippen molar-refractivity contribution in [1.29, 1.82) is 0 Å². The van der Waals surface area contributed by atoms with Crippen LogP contribution >= 0.6 is 0 Å². The number of fused-ring (bicyclic) bond motifs is 1. The molecule has 0 radical (unpaired) electrons. The number of aromatic nitrogens is 2. The summed E-state index contributed by atoms with van der Waals surface area (Å²) in [5.41, 5.74) is 3.48. The highest BCUT2D eigenvalue weighted by molar-refractivity contribution is 5.95. The van der Waals surface area contributed by atoms with Crippen molar-refractivity contribution >= 4 is 11.6 Å². The summed E-state index contributed by atoms with van der Waals surface area (Å²) in [7, 11) is 0. The smallest absolute Gasteiger partial charge is 0.273 e. The topological polar surface area (TPSA) is 37.6 Å². The van der Waals surface area contributed by atoms with Crippen LogP contribution < -0.4 is 0 Å². The molecule has 124 valence electrons. The van der Waals surface area contributed by atoms with Gasteiger partial charge in [0.1, 0.15) is 11.3 Å². The van der Waals surface area contributed by atoms with Gasteiger partial charge in [-0.2, -0.15) is 0 Å². The molecule has 0 N–H and O–H groups in total. The molecular weight excluding hydrogens is 298 g/mol. The number of nitrogens with zero attached hydrogens (tertiary/aromatic N) is 3. The van der Waals surface area contributed by atoms with Crippen molar-refractivity contribution in [2.75, 3.05) is 0 Å². The first-order valence-electron chi connectivity index (χ1n) is 8.42. The van der Waals surface area contributed by atoms with Crippen LogP contribution in [-0.4, -0.2) is 26.2 Å². The number of carbonyl (C=O) groups excluding carboxylic acids is 1. The van der Waals surface area contributed by atoms with Crippen LogP contribution in [-0.2, 0) is 13.0 Å². The fourth-order valence-corrected chi connectivity index (χ4v) is 2.92. The van der Waals surface area contributed by atoms with Crippen molar-refractivity contribution in [3.8, 4) is 0 Å². The van der Waals surface area contributed by atoms with Crippen LogP contribution in [0.15, 0.2) is 54.7 Å². The third kappa shape index (κ3) is 3.04. The molecular formula is C20H23N3O. The fraction of sp³-hybridized carbons (Fsp3) is 0.300. The summed E-state index contributed by atoms with van der Waals surface area (Å²) in [6.45, 7) is 6.74. The zero-order valence-corrected chi connectivity index (χ0v) is 14.4. The number of pyridine rings is 1. The molecule has 0 aliphatic carbocycles. The van der Waals surface area contributed by atoms with E-state index in [1.165, 1.54) is 0 Å². The molecule has 2 heterocycles. The van der Waals surface area contributed by atoms with Crippen molar-refractivity contribution in [2.45, 2.75) is 39.8 Å². The summed E-state index contributed by atoms with van der Waals surface area (Å²) < 4.78 is 1.90. The molecule has 3 rings (SSSR count). The Morgan fingerprint density at radius 1 is 1.12 bits per heavy atom. The van der Waals surface area contributed by atoms with Crippen LogP contribution in [0.25, 0.3) is 5.65 Å². The number of carbonyl (C=O) groups is 1. The van der Waals surface area contributed by atoms with Crippen molar-refractivity contribution in [3.63, 3.8) is 0 Å². The molecule has 0 aliphatic rings. The van der Waals surface area contributed by atoms with Gasteiger partial charge < -0.3 is 4.90 Å². The molecule has 0 saturated heterocycles. The molecule has 0 bridgehead atoms. The summed E-state index contributed by atoms with van der Waals surface area (Å²) in [6, 6.07) is 16.0.